The normalized spacial score (nSPS) is 11.4. The van der Waals surface area contributed by atoms with Crippen molar-refractivity contribution in [1.82, 2.24) is 14.5 Å². The van der Waals surface area contributed by atoms with Gasteiger partial charge in [-0.15, -0.1) is 0 Å². The van der Waals surface area contributed by atoms with Crippen molar-refractivity contribution >= 4 is 49.4 Å². The molecule has 52 heavy (non-hydrogen) atoms. The first-order chi connectivity index (χ1) is 25.7. The molecule has 0 unspecified atom stereocenters. The van der Waals surface area contributed by atoms with E-state index in [0.717, 1.165) is 55.3 Å². The zero-order valence-corrected chi connectivity index (χ0v) is 27.9. The minimum absolute atomic E-state index is 0.405. The maximum atomic E-state index is 8.27. The van der Waals surface area contributed by atoms with Crippen molar-refractivity contribution < 1.29 is 4.42 Å². The second-order valence-corrected chi connectivity index (χ2v) is 12.9. The third-order valence-electron chi connectivity index (χ3n) is 9.85. The lowest BCUT2D eigenvalue weighted by Crippen LogP contribution is -1.97. The average Bonchev–Trinajstić information content (AvgIpc) is 3.76. The molecule has 0 fully saturated rings. The molecule has 0 aliphatic heterocycles. The summed E-state index contributed by atoms with van der Waals surface area (Å²) in [6.07, 6.45) is 0. The fraction of sp³-hybridized carbons (Fsp3) is 0. The van der Waals surface area contributed by atoms with E-state index >= 15 is 0 Å². The fourth-order valence-electron chi connectivity index (χ4n) is 7.43. The number of para-hydroxylation sites is 2. The van der Waals surface area contributed by atoms with Gasteiger partial charge in [-0.05, 0) is 58.7 Å². The first-order valence-corrected chi connectivity index (χ1v) is 17.2. The van der Waals surface area contributed by atoms with Crippen molar-refractivity contribution in [2.24, 2.45) is 0 Å². The SMILES string of the molecule is [C-]#[N+]c1c(-c2ccccc2)nc(-c2ccccc2)nc1-c1ccc2c(c1)oc1c(-n3c4ccccc4c4cc(-c5ccccc5)ccc43)cccc12. The number of rotatable bonds is 5. The fourth-order valence-corrected chi connectivity index (χ4v) is 7.43. The number of furan rings is 1. The Hall–Kier alpha value is -7.29. The molecule has 10 aromatic rings. The molecule has 0 N–H and O–H groups in total. The van der Waals surface area contributed by atoms with Crippen LogP contribution in [0.3, 0.4) is 0 Å². The molecule has 3 aromatic heterocycles. The summed E-state index contributed by atoms with van der Waals surface area (Å²) < 4.78 is 9.13. The van der Waals surface area contributed by atoms with Crippen LogP contribution < -0.4 is 0 Å². The Bertz CT molecular complexity index is 3010. The first-order valence-electron chi connectivity index (χ1n) is 17.2. The largest absolute Gasteiger partial charge is 0.454 e. The Morgan fingerprint density at radius 3 is 1.83 bits per heavy atom. The van der Waals surface area contributed by atoms with E-state index in [2.05, 4.69) is 100 Å². The van der Waals surface area contributed by atoms with E-state index in [1.54, 1.807) is 0 Å². The highest BCUT2D eigenvalue weighted by Crippen LogP contribution is 2.43. The molecule has 5 heteroatoms. The zero-order chi connectivity index (χ0) is 34.6. The number of aromatic nitrogens is 3. The highest BCUT2D eigenvalue weighted by atomic mass is 16.3. The van der Waals surface area contributed by atoms with Crippen molar-refractivity contribution in [3.8, 4) is 50.7 Å². The van der Waals surface area contributed by atoms with Gasteiger partial charge in [-0.25, -0.2) is 14.8 Å². The van der Waals surface area contributed by atoms with Crippen LogP contribution in [0.25, 0.3) is 99.3 Å². The van der Waals surface area contributed by atoms with Gasteiger partial charge in [-0.3, -0.25) is 0 Å². The molecule has 0 saturated heterocycles. The summed E-state index contributed by atoms with van der Waals surface area (Å²) >= 11 is 0. The molecule has 5 nitrogen and oxygen atoms in total. The number of nitrogens with zero attached hydrogens (tertiary/aromatic N) is 4. The Morgan fingerprint density at radius 2 is 1.08 bits per heavy atom. The van der Waals surface area contributed by atoms with E-state index in [0.29, 0.717) is 22.9 Å². The van der Waals surface area contributed by atoms with Crippen LogP contribution in [-0.2, 0) is 0 Å². The molecule has 0 bridgehead atoms. The van der Waals surface area contributed by atoms with Crippen LogP contribution >= 0.6 is 0 Å². The minimum Gasteiger partial charge on any atom is -0.454 e. The van der Waals surface area contributed by atoms with Gasteiger partial charge < -0.3 is 8.98 Å². The molecule has 0 aliphatic rings. The van der Waals surface area contributed by atoms with E-state index in [1.807, 2.05) is 78.9 Å². The molecule has 10 rings (SSSR count). The Balaban J connectivity index is 1.18. The second kappa shape index (κ2) is 11.9. The van der Waals surface area contributed by atoms with Gasteiger partial charge in [-0.2, -0.15) is 0 Å². The highest BCUT2D eigenvalue weighted by molar-refractivity contribution is 6.13. The summed E-state index contributed by atoms with van der Waals surface area (Å²) in [7, 11) is 0. The molecule has 0 aliphatic carbocycles. The van der Waals surface area contributed by atoms with Gasteiger partial charge in [0.15, 0.2) is 11.4 Å². The van der Waals surface area contributed by atoms with Crippen molar-refractivity contribution in [3.63, 3.8) is 0 Å². The molecular formula is C47H28N4O. The smallest absolute Gasteiger partial charge is 0.238 e. The number of hydrogen-bond donors (Lipinski definition) is 0. The van der Waals surface area contributed by atoms with Crippen LogP contribution in [0.2, 0.25) is 0 Å². The average molecular weight is 665 g/mol. The molecule has 3 heterocycles. The van der Waals surface area contributed by atoms with E-state index in [9.17, 15) is 0 Å². The highest BCUT2D eigenvalue weighted by Gasteiger charge is 2.22. The van der Waals surface area contributed by atoms with E-state index in [4.69, 9.17) is 21.0 Å². The molecule has 0 saturated carbocycles. The molecule has 0 atom stereocenters. The number of benzene rings is 7. The van der Waals surface area contributed by atoms with Crippen LogP contribution in [-0.4, -0.2) is 14.5 Å². The maximum absolute atomic E-state index is 8.27. The summed E-state index contributed by atoms with van der Waals surface area (Å²) in [5.74, 6) is 0.565. The molecular weight excluding hydrogens is 637 g/mol. The third-order valence-corrected chi connectivity index (χ3v) is 9.85. The van der Waals surface area contributed by atoms with Gasteiger partial charge in [0.05, 0.1) is 34.7 Å². The Labute approximate surface area is 299 Å². The molecule has 7 aromatic carbocycles. The van der Waals surface area contributed by atoms with Crippen LogP contribution in [0.4, 0.5) is 5.69 Å². The first kappa shape index (κ1) is 29.6. The van der Waals surface area contributed by atoms with Gasteiger partial charge in [0, 0.05) is 27.1 Å². The lowest BCUT2D eigenvalue weighted by Gasteiger charge is -2.12. The van der Waals surface area contributed by atoms with E-state index in [-0.39, 0.29) is 0 Å². The summed E-state index contributed by atoms with van der Waals surface area (Å²) in [6, 6.07) is 58.0. The van der Waals surface area contributed by atoms with Gasteiger partial charge in [0.25, 0.3) is 0 Å². The molecule has 0 spiro atoms. The van der Waals surface area contributed by atoms with Crippen molar-refractivity contribution in [3.05, 3.63) is 181 Å². The predicted octanol–water partition coefficient (Wildman–Crippen LogP) is 12.7. The topological polar surface area (TPSA) is 48.2 Å². The number of fused-ring (bicyclic) bond motifs is 6. The minimum atomic E-state index is 0.405. The van der Waals surface area contributed by atoms with Crippen molar-refractivity contribution in [2.75, 3.05) is 0 Å². The lowest BCUT2D eigenvalue weighted by atomic mass is 10.0. The molecule has 0 radical (unpaired) electrons. The predicted molar refractivity (Wildman–Crippen MR) is 212 cm³/mol. The van der Waals surface area contributed by atoms with Gasteiger partial charge in [0.1, 0.15) is 5.58 Å². The van der Waals surface area contributed by atoms with Gasteiger partial charge >= 0.3 is 0 Å². The second-order valence-electron chi connectivity index (χ2n) is 12.9. The van der Waals surface area contributed by atoms with Gasteiger partial charge in [0.2, 0.25) is 5.69 Å². The lowest BCUT2D eigenvalue weighted by molar-refractivity contribution is 0.666. The monoisotopic (exact) mass is 664 g/mol. The zero-order valence-electron chi connectivity index (χ0n) is 27.9. The van der Waals surface area contributed by atoms with Crippen LogP contribution in [0, 0.1) is 6.57 Å². The Kier molecular flexibility index (Phi) is 6.80. The summed E-state index contributed by atoms with van der Waals surface area (Å²) in [4.78, 5) is 13.9. The van der Waals surface area contributed by atoms with Crippen LogP contribution in [0.1, 0.15) is 0 Å². The van der Waals surface area contributed by atoms with E-state index in [1.165, 1.54) is 21.9 Å². The van der Waals surface area contributed by atoms with Crippen LogP contribution in [0.15, 0.2) is 174 Å². The molecule has 0 amide bonds. The Morgan fingerprint density at radius 1 is 0.462 bits per heavy atom. The summed E-state index contributed by atoms with van der Waals surface area (Å²) in [5, 5.41) is 4.39. The molecule has 242 valence electrons. The van der Waals surface area contributed by atoms with Gasteiger partial charge in [-0.1, -0.05) is 133 Å². The van der Waals surface area contributed by atoms with Crippen LogP contribution in [0.5, 0.6) is 0 Å². The van der Waals surface area contributed by atoms with Crippen molar-refractivity contribution in [1.29, 1.82) is 0 Å². The summed E-state index contributed by atoms with van der Waals surface area (Å²) in [6.45, 7) is 8.27. The summed E-state index contributed by atoms with van der Waals surface area (Å²) in [5.41, 5.74) is 11.2. The standard InChI is InChI=1S/C47H28N4O/c1-48-45-43(31-16-7-3-8-17-31)49-47(32-18-9-4-10-19-32)50-44(45)34-24-26-36-37-21-13-23-41(46(37)52-42(36)29-34)51-39-22-12-11-20-35(39)38-28-33(25-27-40(38)51)30-14-5-2-6-15-30/h2-29H. The third kappa shape index (κ3) is 4.70. The number of hydrogen-bond acceptors (Lipinski definition) is 3. The van der Waals surface area contributed by atoms with Crippen molar-refractivity contribution in [2.45, 2.75) is 0 Å². The van der Waals surface area contributed by atoms with E-state index < -0.39 is 0 Å². The maximum Gasteiger partial charge on any atom is 0.238 e. The quantitative estimate of drug-likeness (QED) is 0.172.